The quantitative estimate of drug-likeness (QED) is 0.640. The van der Waals surface area contributed by atoms with Gasteiger partial charge in [-0.15, -0.1) is 0 Å². The predicted molar refractivity (Wildman–Crippen MR) is 87.0 cm³/mol. The van der Waals surface area contributed by atoms with E-state index in [2.05, 4.69) is 12.2 Å². The summed E-state index contributed by atoms with van der Waals surface area (Å²) in [5.41, 5.74) is 1.12. The number of rotatable bonds is 6. The Morgan fingerprint density at radius 2 is 2.08 bits per heavy atom. The molecule has 0 unspecified atom stereocenters. The van der Waals surface area contributed by atoms with Crippen LogP contribution in [-0.4, -0.2) is 35.3 Å². The number of benzene rings is 1. The van der Waals surface area contributed by atoms with E-state index in [0.29, 0.717) is 30.5 Å². The predicted octanol–water partition coefficient (Wildman–Crippen LogP) is 2.15. The van der Waals surface area contributed by atoms with E-state index < -0.39 is 18.2 Å². The standard InChI is InChI=1S/C18H22N2O4/c1-2-3-6-11-19-16(22)14-9-10-15(21)20(14)17-12-7-4-5-8-13(12)18(23)24-17/h4-5,7-8,14,17H,2-3,6,9-11H2,1H3,(H,19,22)/t14-,17-/m0/s1. The first-order valence-corrected chi connectivity index (χ1v) is 8.52. The number of carbonyl (C=O) groups is 3. The van der Waals surface area contributed by atoms with Gasteiger partial charge in [0.1, 0.15) is 6.04 Å². The Labute approximate surface area is 141 Å². The fourth-order valence-corrected chi connectivity index (χ4v) is 3.29. The Kier molecular flexibility index (Phi) is 4.83. The minimum absolute atomic E-state index is 0.154. The molecule has 1 aromatic rings. The average molecular weight is 330 g/mol. The van der Waals surface area contributed by atoms with Crippen molar-refractivity contribution in [2.24, 2.45) is 0 Å². The highest BCUT2D eigenvalue weighted by molar-refractivity contribution is 5.96. The van der Waals surface area contributed by atoms with Gasteiger partial charge >= 0.3 is 5.97 Å². The Morgan fingerprint density at radius 3 is 2.88 bits per heavy atom. The Bertz CT molecular complexity index is 658. The lowest BCUT2D eigenvalue weighted by atomic mass is 10.1. The Balaban J connectivity index is 1.75. The molecule has 2 amide bonds. The molecule has 2 aliphatic rings. The zero-order chi connectivity index (χ0) is 17.1. The van der Waals surface area contributed by atoms with E-state index in [-0.39, 0.29) is 11.8 Å². The van der Waals surface area contributed by atoms with Crippen molar-refractivity contribution >= 4 is 17.8 Å². The summed E-state index contributed by atoms with van der Waals surface area (Å²) in [6.07, 6.45) is 3.01. The number of esters is 1. The van der Waals surface area contributed by atoms with E-state index in [1.807, 2.05) is 0 Å². The minimum atomic E-state index is -0.796. The number of hydrogen-bond donors (Lipinski definition) is 1. The van der Waals surface area contributed by atoms with E-state index in [1.165, 1.54) is 4.90 Å². The molecule has 1 fully saturated rings. The van der Waals surface area contributed by atoms with Crippen molar-refractivity contribution in [1.82, 2.24) is 10.2 Å². The monoisotopic (exact) mass is 330 g/mol. The van der Waals surface area contributed by atoms with Gasteiger partial charge in [-0.05, 0) is 18.9 Å². The van der Waals surface area contributed by atoms with Crippen LogP contribution in [0.25, 0.3) is 0 Å². The molecular formula is C18H22N2O4. The fraction of sp³-hybridized carbons (Fsp3) is 0.500. The molecule has 0 saturated carbocycles. The molecule has 0 aliphatic carbocycles. The highest BCUT2D eigenvalue weighted by atomic mass is 16.6. The summed E-state index contributed by atoms with van der Waals surface area (Å²) in [6.45, 7) is 2.71. The van der Waals surface area contributed by atoms with Gasteiger partial charge in [0, 0.05) is 18.5 Å². The molecule has 2 heterocycles. The number of ether oxygens (including phenoxy) is 1. The third-order valence-corrected chi connectivity index (χ3v) is 4.56. The molecule has 6 nitrogen and oxygen atoms in total. The van der Waals surface area contributed by atoms with E-state index in [1.54, 1.807) is 24.3 Å². The molecule has 0 aromatic heterocycles. The van der Waals surface area contributed by atoms with Gasteiger partial charge in [0.05, 0.1) is 5.56 Å². The Hall–Kier alpha value is -2.37. The molecule has 0 spiro atoms. The number of likely N-dealkylation sites (tertiary alicyclic amines) is 1. The van der Waals surface area contributed by atoms with Crippen molar-refractivity contribution in [3.63, 3.8) is 0 Å². The first kappa shape index (κ1) is 16.5. The number of nitrogens with zero attached hydrogens (tertiary/aromatic N) is 1. The lowest BCUT2D eigenvalue weighted by molar-refractivity contribution is -0.145. The third-order valence-electron chi connectivity index (χ3n) is 4.56. The lowest BCUT2D eigenvalue weighted by Crippen LogP contribution is -2.46. The van der Waals surface area contributed by atoms with Gasteiger partial charge in [0.25, 0.3) is 0 Å². The van der Waals surface area contributed by atoms with Crippen LogP contribution in [0.1, 0.15) is 61.2 Å². The number of amides is 2. The number of hydrogen-bond acceptors (Lipinski definition) is 4. The zero-order valence-corrected chi connectivity index (χ0v) is 13.8. The average Bonchev–Trinajstić information content (AvgIpc) is 3.12. The number of cyclic esters (lactones) is 1. The van der Waals surface area contributed by atoms with E-state index >= 15 is 0 Å². The molecule has 1 N–H and O–H groups in total. The number of nitrogens with one attached hydrogen (secondary N) is 1. The van der Waals surface area contributed by atoms with Crippen LogP contribution < -0.4 is 5.32 Å². The maximum absolute atomic E-state index is 12.5. The fourth-order valence-electron chi connectivity index (χ4n) is 3.29. The van der Waals surface area contributed by atoms with Gasteiger partial charge < -0.3 is 10.1 Å². The second-order valence-electron chi connectivity index (χ2n) is 6.20. The summed E-state index contributed by atoms with van der Waals surface area (Å²) in [5, 5.41) is 2.90. The molecule has 2 atom stereocenters. The molecule has 128 valence electrons. The topological polar surface area (TPSA) is 75.7 Å². The summed E-state index contributed by atoms with van der Waals surface area (Å²) in [6, 6.07) is 6.42. The molecule has 2 aliphatic heterocycles. The summed E-state index contributed by atoms with van der Waals surface area (Å²) in [4.78, 5) is 38.2. The normalized spacial score (nSPS) is 22.5. The Morgan fingerprint density at radius 1 is 1.29 bits per heavy atom. The highest BCUT2D eigenvalue weighted by Gasteiger charge is 2.46. The van der Waals surface area contributed by atoms with Crippen molar-refractivity contribution < 1.29 is 19.1 Å². The smallest absolute Gasteiger partial charge is 0.340 e. The summed E-state index contributed by atoms with van der Waals surface area (Å²) < 4.78 is 5.40. The van der Waals surface area contributed by atoms with Gasteiger partial charge in [0.15, 0.2) is 0 Å². The highest BCUT2D eigenvalue weighted by Crippen LogP contribution is 2.38. The maximum Gasteiger partial charge on any atom is 0.340 e. The lowest BCUT2D eigenvalue weighted by Gasteiger charge is -2.29. The number of unbranched alkanes of at least 4 members (excludes halogenated alkanes) is 2. The van der Waals surface area contributed by atoms with E-state index in [4.69, 9.17) is 4.74 Å². The van der Waals surface area contributed by atoms with Crippen molar-refractivity contribution in [2.75, 3.05) is 6.54 Å². The van der Waals surface area contributed by atoms with Crippen LogP contribution in [0, 0.1) is 0 Å². The van der Waals surface area contributed by atoms with Crippen LogP contribution in [-0.2, 0) is 14.3 Å². The van der Waals surface area contributed by atoms with Crippen molar-refractivity contribution in [1.29, 1.82) is 0 Å². The zero-order valence-electron chi connectivity index (χ0n) is 13.8. The van der Waals surface area contributed by atoms with Crippen LogP contribution in [0.4, 0.5) is 0 Å². The summed E-state index contributed by atoms with van der Waals surface area (Å²) in [5.74, 6) is -0.770. The number of carbonyl (C=O) groups excluding carboxylic acids is 3. The third kappa shape index (κ3) is 3.00. The number of fused-ring (bicyclic) bond motifs is 1. The first-order valence-electron chi connectivity index (χ1n) is 8.52. The van der Waals surface area contributed by atoms with Crippen LogP contribution in [0.3, 0.4) is 0 Å². The van der Waals surface area contributed by atoms with E-state index in [0.717, 1.165) is 19.3 Å². The van der Waals surface area contributed by atoms with Crippen LogP contribution in [0.2, 0.25) is 0 Å². The summed E-state index contributed by atoms with van der Waals surface area (Å²) in [7, 11) is 0. The molecule has 3 rings (SSSR count). The van der Waals surface area contributed by atoms with E-state index in [9.17, 15) is 14.4 Å². The molecule has 0 radical (unpaired) electrons. The molecule has 1 aromatic carbocycles. The van der Waals surface area contributed by atoms with Crippen LogP contribution in [0.15, 0.2) is 24.3 Å². The van der Waals surface area contributed by atoms with Gasteiger partial charge in [-0.2, -0.15) is 0 Å². The van der Waals surface area contributed by atoms with Crippen molar-refractivity contribution in [2.45, 2.75) is 51.3 Å². The van der Waals surface area contributed by atoms with Crippen molar-refractivity contribution in [3.8, 4) is 0 Å². The van der Waals surface area contributed by atoms with Gasteiger partial charge in [-0.1, -0.05) is 38.0 Å². The largest absolute Gasteiger partial charge is 0.433 e. The maximum atomic E-state index is 12.5. The van der Waals surface area contributed by atoms with Crippen LogP contribution in [0.5, 0.6) is 0 Å². The second kappa shape index (κ2) is 7.03. The van der Waals surface area contributed by atoms with Gasteiger partial charge in [-0.25, -0.2) is 4.79 Å². The molecule has 1 saturated heterocycles. The van der Waals surface area contributed by atoms with Gasteiger partial charge in [0.2, 0.25) is 18.0 Å². The van der Waals surface area contributed by atoms with Crippen LogP contribution >= 0.6 is 0 Å². The van der Waals surface area contributed by atoms with Crippen molar-refractivity contribution in [3.05, 3.63) is 35.4 Å². The molecular weight excluding hydrogens is 308 g/mol. The molecule has 24 heavy (non-hydrogen) atoms. The first-order chi connectivity index (χ1) is 11.6. The minimum Gasteiger partial charge on any atom is -0.433 e. The molecule has 6 heteroatoms. The summed E-state index contributed by atoms with van der Waals surface area (Å²) >= 11 is 0. The SMILES string of the molecule is CCCCCNC(=O)[C@@H]1CCC(=O)N1[C@H]1OC(=O)c2ccccc21. The molecule has 0 bridgehead atoms. The van der Waals surface area contributed by atoms with Gasteiger partial charge in [-0.3, -0.25) is 14.5 Å². The second-order valence-corrected chi connectivity index (χ2v) is 6.20.